The smallest absolute Gasteiger partial charge is 0.333 e. The van der Waals surface area contributed by atoms with Crippen LogP contribution in [0.2, 0.25) is 0 Å². The van der Waals surface area contributed by atoms with E-state index in [-0.39, 0.29) is 29.6 Å². The molecule has 2 bridgehead atoms. The zero-order valence-corrected chi connectivity index (χ0v) is 18.4. The van der Waals surface area contributed by atoms with Gasteiger partial charge < -0.3 is 9.47 Å². The zero-order valence-electron chi connectivity index (χ0n) is 18.4. The molecule has 0 aliphatic heterocycles. The maximum Gasteiger partial charge on any atom is 0.333 e. The molecule has 0 radical (unpaired) electrons. The fourth-order valence-corrected chi connectivity index (χ4v) is 4.97. The van der Waals surface area contributed by atoms with Crippen molar-refractivity contribution in [2.45, 2.75) is 98.2 Å². The van der Waals surface area contributed by atoms with Gasteiger partial charge >= 0.3 is 11.9 Å². The van der Waals surface area contributed by atoms with E-state index < -0.39 is 0 Å². The first kappa shape index (κ1) is 22.7. The van der Waals surface area contributed by atoms with Crippen LogP contribution in [-0.2, 0) is 19.1 Å². The largest absolute Gasteiger partial charge is 0.459 e. The second-order valence-electron chi connectivity index (χ2n) is 9.73. The summed E-state index contributed by atoms with van der Waals surface area (Å²) in [5, 5.41) is 0. The van der Waals surface area contributed by atoms with E-state index in [0.29, 0.717) is 22.5 Å². The van der Waals surface area contributed by atoms with Gasteiger partial charge in [-0.15, -0.1) is 0 Å². The van der Waals surface area contributed by atoms with Crippen LogP contribution in [-0.4, -0.2) is 24.1 Å². The van der Waals surface area contributed by atoms with Gasteiger partial charge in [0.25, 0.3) is 0 Å². The molecule has 0 amide bonds. The fraction of sp³-hybridized carbons (Fsp3) is 0.750. The van der Waals surface area contributed by atoms with Crippen LogP contribution in [0.1, 0.15) is 86.0 Å². The van der Waals surface area contributed by atoms with Crippen LogP contribution < -0.4 is 0 Å². The zero-order chi connectivity index (χ0) is 21.1. The molecule has 158 valence electrons. The monoisotopic (exact) mass is 390 g/mol. The summed E-state index contributed by atoms with van der Waals surface area (Å²) in [5.74, 6) is 0.247. The minimum absolute atomic E-state index is 0.0884. The van der Waals surface area contributed by atoms with Crippen LogP contribution in [0, 0.1) is 16.7 Å². The summed E-state index contributed by atoms with van der Waals surface area (Å²) in [4.78, 5) is 22.7. The highest BCUT2D eigenvalue weighted by atomic mass is 16.5. The molecule has 0 saturated heterocycles. The van der Waals surface area contributed by atoms with Crippen LogP contribution in [0.15, 0.2) is 24.3 Å². The molecule has 0 unspecified atom stereocenters. The van der Waals surface area contributed by atoms with Crippen LogP contribution in [0.25, 0.3) is 0 Å². The summed E-state index contributed by atoms with van der Waals surface area (Å²) < 4.78 is 10.8. The van der Waals surface area contributed by atoms with E-state index in [2.05, 4.69) is 33.9 Å². The summed E-state index contributed by atoms with van der Waals surface area (Å²) in [6.07, 6.45) is 9.45. The molecule has 4 heteroatoms. The van der Waals surface area contributed by atoms with Gasteiger partial charge in [-0.25, -0.2) is 9.59 Å². The molecular weight excluding hydrogens is 352 g/mol. The average molecular weight is 391 g/mol. The molecule has 3 saturated carbocycles. The summed E-state index contributed by atoms with van der Waals surface area (Å²) in [5.41, 5.74) is 1.46. The van der Waals surface area contributed by atoms with Crippen LogP contribution >= 0.6 is 0 Å². The molecule has 0 N–H and O–H groups in total. The quantitative estimate of drug-likeness (QED) is 0.452. The predicted molar refractivity (Wildman–Crippen MR) is 112 cm³/mol. The topological polar surface area (TPSA) is 52.6 Å². The number of esters is 2. The Kier molecular flexibility index (Phi) is 7.17. The fourth-order valence-electron chi connectivity index (χ4n) is 4.97. The summed E-state index contributed by atoms with van der Waals surface area (Å²) in [6.45, 7) is 17.5. The van der Waals surface area contributed by atoms with Crippen molar-refractivity contribution in [1.29, 1.82) is 0 Å². The molecule has 3 aliphatic rings. The van der Waals surface area contributed by atoms with Gasteiger partial charge in [0, 0.05) is 16.6 Å². The molecule has 4 nitrogen and oxygen atoms in total. The Morgan fingerprint density at radius 3 is 1.82 bits per heavy atom. The van der Waals surface area contributed by atoms with Gasteiger partial charge in [0.2, 0.25) is 0 Å². The van der Waals surface area contributed by atoms with Gasteiger partial charge in [0.05, 0.1) is 0 Å². The maximum atomic E-state index is 11.6. The van der Waals surface area contributed by atoms with Gasteiger partial charge in [-0.3, -0.25) is 0 Å². The first-order chi connectivity index (χ1) is 13.0. The maximum absolute atomic E-state index is 11.6. The number of hydrogen-bond donors (Lipinski definition) is 0. The van der Waals surface area contributed by atoms with E-state index >= 15 is 0 Å². The Bertz CT molecular complexity index is 627. The molecule has 0 aromatic heterocycles. The molecular formula is C24H38O4. The molecule has 3 aliphatic carbocycles. The first-order valence-electron chi connectivity index (χ1n) is 10.7. The van der Waals surface area contributed by atoms with E-state index in [1.54, 1.807) is 13.8 Å². The third-order valence-electron chi connectivity index (χ3n) is 7.49. The van der Waals surface area contributed by atoms with Crippen LogP contribution in [0.4, 0.5) is 0 Å². The summed E-state index contributed by atoms with van der Waals surface area (Å²) in [7, 11) is 0. The van der Waals surface area contributed by atoms with Crippen molar-refractivity contribution in [3.63, 3.8) is 0 Å². The SMILES string of the molecule is C=C(C)C(=O)OC1CCCCC1.C=C(C)C(=O)O[C@H]1C[C@@H]2CC[C@@]1(C)C2(C)C. The average Bonchev–Trinajstić information content (AvgIpc) is 2.96. The minimum atomic E-state index is -0.234. The van der Waals surface area contributed by atoms with E-state index in [0.717, 1.165) is 19.3 Å². The number of carbonyl (C=O) groups excluding carboxylic acids is 2. The molecule has 0 heterocycles. The Labute approximate surface area is 170 Å². The van der Waals surface area contributed by atoms with Gasteiger partial charge in [-0.2, -0.15) is 0 Å². The normalized spacial score (nSPS) is 30.8. The number of ether oxygens (including phenoxy) is 2. The first-order valence-corrected chi connectivity index (χ1v) is 10.7. The van der Waals surface area contributed by atoms with E-state index in [1.807, 2.05) is 0 Å². The van der Waals surface area contributed by atoms with Gasteiger partial charge in [-0.1, -0.05) is 40.3 Å². The highest BCUT2D eigenvalue weighted by Crippen LogP contribution is 2.66. The Morgan fingerprint density at radius 2 is 1.39 bits per heavy atom. The molecule has 0 spiro atoms. The third-order valence-corrected chi connectivity index (χ3v) is 7.49. The second-order valence-corrected chi connectivity index (χ2v) is 9.73. The molecule has 0 aromatic rings. The lowest BCUT2D eigenvalue weighted by atomic mass is 9.70. The molecule has 3 fully saturated rings. The lowest BCUT2D eigenvalue weighted by molar-refractivity contribution is -0.152. The Morgan fingerprint density at radius 1 is 0.857 bits per heavy atom. The van der Waals surface area contributed by atoms with E-state index in [4.69, 9.17) is 9.47 Å². The van der Waals surface area contributed by atoms with Gasteiger partial charge in [-0.05, 0) is 70.1 Å². The van der Waals surface area contributed by atoms with Crippen molar-refractivity contribution in [3.8, 4) is 0 Å². The third kappa shape index (κ3) is 4.69. The molecule has 0 aromatic carbocycles. The number of fused-ring (bicyclic) bond motifs is 2. The number of carbonyl (C=O) groups is 2. The lowest BCUT2D eigenvalue weighted by Crippen LogP contribution is -2.38. The summed E-state index contributed by atoms with van der Waals surface area (Å²) in [6, 6.07) is 0. The van der Waals surface area contributed by atoms with Gasteiger partial charge in [0.1, 0.15) is 12.2 Å². The van der Waals surface area contributed by atoms with E-state index in [1.165, 1.54) is 32.1 Å². The molecule has 28 heavy (non-hydrogen) atoms. The standard InChI is InChI=1S/C14H22O2.C10H16O2/c1-9(2)12(15)16-11-8-10-6-7-14(11,5)13(10,3)4;1-8(2)10(11)12-9-6-4-3-5-7-9/h10-11H,1,6-8H2,2-5H3;9H,1,3-7H2,2H3/t10-,11-,14+;/m0./s1. The van der Waals surface area contributed by atoms with Gasteiger partial charge in [0.15, 0.2) is 0 Å². The van der Waals surface area contributed by atoms with Crippen molar-refractivity contribution in [2.75, 3.05) is 0 Å². The predicted octanol–water partition coefficient (Wildman–Crippen LogP) is 5.76. The van der Waals surface area contributed by atoms with Crippen molar-refractivity contribution in [2.24, 2.45) is 16.7 Å². The highest BCUT2D eigenvalue weighted by Gasteiger charge is 2.62. The van der Waals surface area contributed by atoms with Crippen LogP contribution in [0.5, 0.6) is 0 Å². The number of rotatable bonds is 4. The molecule has 3 atom stereocenters. The lowest BCUT2D eigenvalue weighted by Gasteiger charge is -2.38. The Balaban J connectivity index is 0.000000209. The minimum Gasteiger partial charge on any atom is -0.459 e. The Hall–Kier alpha value is -1.58. The number of hydrogen-bond acceptors (Lipinski definition) is 4. The van der Waals surface area contributed by atoms with Crippen molar-refractivity contribution in [1.82, 2.24) is 0 Å². The highest BCUT2D eigenvalue weighted by molar-refractivity contribution is 5.87. The van der Waals surface area contributed by atoms with Crippen molar-refractivity contribution in [3.05, 3.63) is 24.3 Å². The van der Waals surface area contributed by atoms with Crippen LogP contribution in [0.3, 0.4) is 0 Å². The molecule has 3 rings (SSSR count). The van der Waals surface area contributed by atoms with Crippen molar-refractivity contribution < 1.29 is 19.1 Å². The summed E-state index contributed by atoms with van der Waals surface area (Å²) >= 11 is 0. The van der Waals surface area contributed by atoms with E-state index in [9.17, 15) is 9.59 Å². The second kappa shape index (κ2) is 8.84. The van der Waals surface area contributed by atoms with Crippen molar-refractivity contribution >= 4 is 11.9 Å².